The SMILES string of the molecule is CC1(C(=O)c2c[nH]c3ccccc23)CC1. The van der Waals surface area contributed by atoms with Crippen molar-refractivity contribution in [1.82, 2.24) is 4.98 Å². The molecule has 0 unspecified atom stereocenters. The number of fused-ring (bicyclic) bond motifs is 1. The van der Waals surface area contributed by atoms with Crippen molar-refractivity contribution in [2.75, 3.05) is 0 Å². The summed E-state index contributed by atoms with van der Waals surface area (Å²) in [4.78, 5) is 15.3. The highest BCUT2D eigenvalue weighted by molar-refractivity contribution is 6.11. The number of Topliss-reactive ketones (excluding diaryl/α,β-unsaturated/α-hetero) is 1. The van der Waals surface area contributed by atoms with Gasteiger partial charge in [0, 0.05) is 28.1 Å². The molecule has 0 radical (unpaired) electrons. The maximum atomic E-state index is 12.2. The second-order valence-electron chi connectivity index (χ2n) is 4.64. The smallest absolute Gasteiger partial charge is 0.170 e. The van der Waals surface area contributed by atoms with E-state index in [1.54, 1.807) is 0 Å². The third-order valence-electron chi connectivity index (χ3n) is 3.38. The van der Waals surface area contributed by atoms with Gasteiger partial charge in [-0.05, 0) is 18.9 Å². The van der Waals surface area contributed by atoms with Gasteiger partial charge in [-0.25, -0.2) is 0 Å². The van der Waals surface area contributed by atoms with E-state index in [4.69, 9.17) is 0 Å². The molecule has 2 heteroatoms. The number of benzene rings is 1. The molecule has 1 N–H and O–H groups in total. The van der Waals surface area contributed by atoms with E-state index in [-0.39, 0.29) is 5.41 Å². The summed E-state index contributed by atoms with van der Waals surface area (Å²) in [5.74, 6) is 0.292. The number of ketones is 1. The molecule has 0 atom stereocenters. The zero-order valence-corrected chi connectivity index (χ0v) is 8.71. The molecule has 0 aliphatic heterocycles. The van der Waals surface area contributed by atoms with Crippen LogP contribution in [0.1, 0.15) is 30.1 Å². The number of aromatic amines is 1. The monoisotopic (exact) mass is 199 g/mol. The van der Waals surface area contributed by atoms with Gasteiger partial charge in [-0.1, -0.05) is 25.1 Å². The number of aromatic nitrogens is 1. The van der Waals surface area contributed by atoms with Crippen LogP contribution in [0.5, 0.6) is 0 Å². The van der Waals surface area contributed by atoms with Crippen molar-refractivity contribution in [3.05, 3.63) is 36.0 Å². The highest BCUT2D eigenvalue weighted by Gasteiger charge is 2.45. The number of H-pyrrole nitrogens is 1. The minimum absolute atomic E-state index is 0.0784. The topological polar surface area (TPSA) is 32.9 Å². The predicted octanol–water partition coefficient (Wildman–Crippen LogP) is 3.15. The molecule has 0 spiro atoms. The highest BCUT2D eigenvalue weighted by Crippen LogP contribution is 2.48. The summed E-state index contributed by atoms with van der Waals surface area (Å²) in [7, 11) is 0. The molecule has 1 saturated carbocycles. The Morgan fingerprint density at radius 3 is 2.80 bits per heavy atom. The first kappa shape index (κ1) is 8.72. The van der Waals surface area contributed by atoms with E-state index in [9.17, 15) is 4.79 Å². The first-order valence-electron chi connectivity index (χ1n) is 5.32. The zero-order chi connectivity index (χ0) is 10.5. The van der Waals surface area contributed by atoms with Crippen molar-refractivity contribution in [3.63, 3.8) is 0 Å². The fourth-order valence-corrected chi connectivity index (χ4v) is 2.00. The molecule has 1 aromatic heterocycles. The summed E-state index contributed by atoms with van der Waals surface area (Å²) in [5.41, 5.74) is 1.82. The average Bonchev–Trinajstić information content (AvgIpc) is 2.87. The minimum atomic E-state index is -0.0784. The van der Waals surface area contributed by atoms with Crippen LogP contribution in [0.2, 0.25) is 0 Å². The van der Waals surface area contributed by atoms with Crippen LogP contribution in [0.4, 0.5) is 0 Å². The van der Waals surface area contributed by atoms with Crippen LogP contribution in [0.15, 0.2) is 30.5 Å². The van der Waals surface area contributed by atoms with Crippen molar-refractivity contribution < 1.29 is 4.79 Å². The van der Waals surface area contributed by atoms with Gasteiger partial charge in [0.15, 0.2) is 5.78 Å². The average molecular weight is 199 g/mol. The molecule has 15 heavy (non-hydrogen) atoms. The van der Waals surface area contributed by atoms with Gasteiger partial charge in [0.1, 0.15) is 0 Å². The quantitative estimate of drug-likeness (QED) is 0.740. The Bertz CT molecular complexity index is 534. The summed E-state index contributed by atoms with van der Waals surface area (Å²) < 4.78 is 0. The normalized spacial score (nSPS) is 17.9. The highest BCUT2D eigenvalue weighted by atomic mass is 16.1. The molecular formula is C13H13NO. The first-order valence-corrected chi connectivity index (χ1v) is 5.32. The van der Waals surface area contributed by atoms with E-state index < -0.39 is 0 Å². The van der Waals surface area contributed by atoms with E-state index in [0.29, 0.717) is 5.78 Å². The predicted molar refractivity (Wildman–Crippen MR) is 60.0 cm³/mol. The van der Waals surface area contributed by atoms with E-state index in [1.807, 2.05) is 30.5 Å². The number of hydrogen-bond acceptors (Lipinski definition) is 1. The van der Waals surface area contributed by atoms with E-state index >= 15 is 0 Å². The zero-order valence-electron chi connectivity index (χ0n) is 8.71. The standard InChI is InChI=1S/C13H13NO/c1-13(6-7-13)12(15)10-8-14-11-5-3-2-4-9(10)11/h2-5,8,14H,6-7H2,1H3. The van der Waals surface area contributed by atoms with Crippen molar-refractivity contribution in [2.24, 2.45) is 5.41 Å². The number of carbonyl (C=O) groups excluding carboxylic acids is 1. The lowest BCUT2D eigenvalue weighted by atomic mass is 9.96. The first-order chi connectivity index (χ1) is 7.21. The van der Waals surface area contributed by atoms with Gasteiger partial charge in [0.2, 0.25) is 0 Å². The van der Waals surface area contributed by atoms with E-state index in [2.05, 4.69) is 11.9 Å². The summed E-state index contributed by atoms with van der Waals surface area (Å²) in [6.45, 7) is 2.05. The number of rotatable bonds is 2. The molecule has 1 fully saturated rings. The van der Waals surface area contributed by atoms with Gasteiger partial charge in [0.25, 0.3) is 0 Å². The molecular weight excluding hydrogens is 186 g/mol. The van der Waals surface area contributed by atoms with Gasteiger partial charge in [-0.2, -0.15) is 0 Å². The summed E-state index contributed by atoms with van der Waals surface area (Å²) in [6.07, 6.45) is 3.91. The van der Waals surface area contributed by atoms with Gasteiger partial charge >= 0.3 is 0 Å². The molecule has 1 aromatic carbocycles. The van der Waals surface area contributed by atoms with Gasteiger partial charge in [0.05, 0.1) is 0 Å². The lowest BCUT2D eigenvalue weighted by Crippen LogP contribution is -2.11. The Hall–Kier alpha value is -1.57. The Labute approximate surface area is 88.3 Å². The Morgan fingerprint density at radius 1 is 1.33 bits per heavy atom. The molecule has 1 aliphatic rings. The van der Waals surface area contributed by atoms with Crippen LogP contribution in [0.25, 0.3) is 10.9 Å². The van der Waals surface area contributed by atoms with Crippen molar-refractivity contribution >= 4 is 16.7 Å². The van der Waals surface area contributed by atoms with Crippen LogP contribution in [-0.4, -0.2) is 10.8 Å². The number of nitrogens with one attached hydrogen (secondary N) is 1. The molecule has 76 valence electrons. The lowest BCUT2D eigenvalue weighted by molar-refractivity contribution is 0.0914. The summed E-state index contributed by atoms with van der Waals surface area (Å²) in [6, 6.07) is 7.96. The largest absolute Gasteiger partial charge is 0.360 e. The maximum absolute atomic E-state index is 12.2. The van der Waals surface area contributed by atoms with Crippen LogP contribution < -0.4 is 0 Å². The van der Waals surface area contributed by atoms with Gasteiger partial charge in [-0.15, -0.1) is 0 Å². The second kappa shape index (κ2) is 2.72. The summed E-state index contributed by atoms with van der Waals surface area (Å²) >= 11 is 0. The molecule has 2 nitrogen and oxygen atoms in total. The van der Waals surface area contributed by atoms with Gasteiger partial charge in [-0.3, -0.25) is 4.79 Å². The minimum Gasteiger partial charge on any atom is -0.360 e. The molecule has 1 aliphatic carbocycles. The van der Waals surface area contributed by atoms with E-state index in [1.165, 1.54) is 0 Å². The third kappa shape index (κ3) is 1.21. The fraction of sp³-hybridized carbons (Fsp3) is 0.308. The number of para-hydroxylation sites is 1. The molecule has 3 rings (SSSR count). The molecule has 0 bridgehead atoms. The summed E-state index contributed by atoms with van der Waals surface area (Å²) in [5, 5.41) is 1.05. The van der Waals surface area contributed by atoms with Crippen LogP contribution in [-0.2, 0) is 0 Å². The molecule has 0 amide bonds. The molecule has 0 saturated heterocycles. The Balaban J connectivity index is 2.15. The van der Waals surface area contributed by atoms with E-state index in [0.717, 1.165) is 29.3 Å². The van der Waals surface area contributed by atoms with Crippen molar-refractivity contribution in [1.29, 1.82) is 0 Å². The Morgan fingerprint density at radius 2 is 2.07 bits per heavy atom. The lowest BCUT2D eigenvalue weighted by Gasteiger charge is -2.04. The van der Waals surface area contributed by atoms with Crippen LogP contribution in [0, 0.1) is 5.41 Å². The number of carbonyl (C=O) groups is 1. The van der Waals surface area contributed by atoms with Gasteiger partial charge < -0.3 is 4.98 Å². The third-order valence-corrected chi connectivity index (χ3v) is 3.38. The molecule has 1 heterocycles. The van der Waals surface area contributed by atoms with Crippen LogP contribution >= 0.6 is 0 Å². The maximum Gasteiger partial charge on any atom is 0.170 e. The number of hydrogen-bond donors (Lipinski definition) is 1. The molecule has 2 aromatic rings. The van der Waals surface area contributed by atoms with Crippen LogP contribution in [0.3, 0.4) is 0 Å². The van der Waals surface area contributed by atoms with Crippen molar-refractivity contribution in [3.8, 4) is 0 Å². The fourth-order valence-electron chi connectivity index (χ4n) is 2.00. The second-order valence-corrected chi connectivity index (χ2v) is 4.64. The Kier molecular flexibility index (Phi) is 1.58. The van der Waals surface area contributed by atoms with Crippen molar-refractivity contribution in [2.45, 2.75) is 19.8 Å².